The van der Waals surface area contributed by atoms with Crippen molar-refractivity contribution in [3.05, 3.63) is 23.8 Å². The molecule has 0 fully saturated rings. The van der Waals surface area contributed by atoms with Crippen molar-refractivity contribution in [1.29, 1.82) is 0 Å². The molecule has 0 aliphatic carbocycles. The van der Waals surface area contributed by atoms with Gasteiger partial charge in [-0.15, -0.1) is 0 Å². The topological polar surface area (TPSA) is 32.6 Å². The van der Waals surface area contributed by atoms with Crippen LogP contribution in [0, 0.1) is 0 Å². The van der Waals surface area contributed by atoms with Gasteiger partial charge < -0.3 is 5.21 Å². The average molecular weight is 125 g/mol. The van der Waals surface area contributed by atoms with Crippen LogP contribution < -0.4 is 0 Å². The summed E-state index contributed by atoms with van der Waals surface area (Å²) in [5.74, 6) is 0. The standard InChI is InChI=1S/C7H11NO/c1-3-4-7(2)5-6-8-9/h3-6,9H,1-2H3/b4-3-,7-5-,8-6+. The Labute approximate surface area is 55.2 Å². The van der Waals surface area contributed by atoms with Gasteiger partial charge in [-0.2, -0.15) is 0 Å². The van der Waals surface area contributed by atoms with Crippen molar-refractivity contribution < 1.29 is 5.21 Å². The summed E-state index contributed by atoms with van der Waals surface area (Å²) in [5, 5.41) is 10.8. The van der Waals surface area contributed by atoms with Crippen LogP contribution >= 0.6 is 0 Å². The van der Waals surface area contributed by atoms with Crippen LogP contribution in [0.25, 0.3) is 0 Å². The first-order valence-electron chi connectivity index (χ1n) is 2.78. The van der Waals surface area contributed by atoms with Crippen LogP contribution in [0.3, 0.4) is 0 Å². The molecule has 0 aliphatic heterocycles. The predicted octanol–water partition coefficient (Wildman–Crippen LogP) is 1.97. The summed E-state index contributed by atoms with van der Waals surface area (Å²) in [5.41, 5.74) is 1.07. The first kappa shape index (κ1) is 7.95. The number of oxime groups is 1. The highest BCUT2D eigenvalue weighted by Gasteiger charge is 1.74. The number of hydrogen-bond acceptors (Lipinski definition) is 2. The Morgan fingerprint density at radius 1 is 1.56 bits per heavy atom. The second-order valence-electron chi connectivity index (χ2n) is 1.68. The molecule has 0 atom stereocenters. The Hall–Kier alpha value is -1.05. The normalized spacial score (nSPS) is 13.8. The van der Waals surface area contributed by atoms with E-state index in [0.29, 0.717) is 0 Å². The molecule has 0 rings (SSSR count). The van der Waals surface area contributed by atoms with Gasteiger partial charge in [-0.1, -0.05) is 17.3 Å². The maximum Gasteiger partial charge on any atom is 0.0664 e. The van der Waals surface area contributed by atoms with Crippen molar-refractivity contribution in [2.24, 2.45) is 5.16 Å². The van der Waals surface area contributed by atoms with Crippen LogP contribution in [0.5, 0.6) is 0 Å². The van der Waals surface area contributed by atoms with Crippen LogP contribution in [0.2, 0.25) is 0 Å². The van der Waals surface area contributed by atoms with Crippen LogP contribution in [0.15, 0.2) is 29.0 Å². The fourth-order valence-corrected chi connectivity index (χ4v) is 0.469. The van der Waals surface area contributed by atoms with Gasteiger partial charge >= 0.3 is 0 Å². The zero-order valence-electron chi connectivity index (χ0n) is 5.70. The third kappa shape index (κ3) is 4.81. The van der Waals surface area contributed by atoms with Crippen molar-refractivity contribution >= 4 is 6.21 Å². The lowest BCUT2D eigenvalue weighted by molar-refractivity contribution is 0.322. The fourth-order valence-electron chi connectivity index (χ4n) is 0.469. The van der Waals surface area contributed by atoms with E-state index in [0.717, 1.165) is 5.57 Å². The SMILES string of the molecule is C\C=C/C(C)=C\C=N\O. The monoisotopic (exact) mass is 125 g/mol. The minimum atomic E-state index is 1.07. The lowest BCUT2D eigenvalue weighted by atomic mass is 10.3. The van der Waals surface area contributed by atoms with Crippen LogP contribution in [-0.2, 0) is 0 Å². The molecule has 0 aromatic rings. The Morgan fingerprint density at radius 3 is 2.67 bits per heavy atom. The average Bonchev–Trinajstić information content (AvgIpc) is 1.85. The Balaban J connectivity index is 3.84. The molecule has 9 heavy (non-hydrogen) atoms. The molecule has 0 heterocycles. The van der Waals surface area contributed by atoms with Crippen molar-refractivity contribution in [2.45, 2.75) is 13.8 Å². The molecule has 0 spiro atoms. The van der Waals surface area contributed by atoms with Crippen LogP contribution in [0.4, 0.5) is 0 Å². The molecule has 0 aromatic carbocycles. The molecule has 0 aromatic heterocycles. The summed E-state index contributed by atoms with van der Waals surface area (Å²) >= 11 is 0. The van der Waals surface area contributed by atoms with Gasteiger partial charge in [0, 0.05) is 0 Å². The Bertz CT molecular complexity index is 145. The molecule has 0 unspecified atom stereocenters. The molecule has 0 saturated heterocycles. The van der Waals surface area contributed by atoms with Crippen molar-refractivity contribution in [2.75, 3.05) is 0 Å². The van der Waals surface area contributed by atoms with Crippen LogP contribution in [-0.4, -0.2) is 11.4 Å². The Morgan fingerprint density at radius 2 is 2.22 bits per heavy atom. The third-order valence-corrected chi connectivity index (χ3v) is 0.834. The van der Waals surface area contributed by atoms with E-state index in [1.807, 2.05) is 26.0 Å². The van der Waals surface area contributed by atoms with Gasteiger partial charge in [-0.3, -0.25) is 0 Å². The molecule has 1 N–H and O–H groups in total. The zero-order valence-corrected chi connectivity index (χ0v) is 5.70. The lowest BCUT2D eigenvalue weighted by Gasteiger charge is -1.82. The van der Waals surface area contributed by atoms with Gasteiger partial charge in [0.2, 0.25) is 0 Å². The first-order chi connectivity index (χ1) is 4.31. The fraction of sp³-hybridized carbons (Fsp3) is 0.286. The van der Waals surface area contributed by atoms with E-state index >= 15 is 0 Å². The van der Waals surface area contributed by atoms with Gasteiger partial charge in [-0.05, 0) is 25.5 Å². The predicted molar refractivity (Wildman–Crippen MR) is 38.8 cm³/mol. The molecule has 2 nitrogen and oxygen atoms in total. The molecular formula is C7H11NO. The molecule has 2 heteroatoms. The second-order valence-corrected chi connectivity index (χ2v) is 1.68. The highest BCUT2D eigenvalue weighted by molar-refractivity contribution is 5.72. The molecule has 0 bridgehead atoms. The van der Waals surface area contributed by atoms with E-state index in [1.54, 1.807) is 6.08 Å². The van der Waals surface area contributed by atoms with Gasteiger partial charge in [0.05, 0.1) is 6.21 Å². The summed E-state index contributed by atoms with van der Waals surface area (Å²) in [6.45, 7) is 3.87. The highest BCUT2D eigenvalue weighted by atomic mass is 16.4. The number of hydrogen-bond donors (Lipinski definition) is 1. The number of rotatable bonds is 2. The van der Waals surface area contributed by atoms with Gasteiger partial charge in [-0.25, -0.2) is 0 Å². The molecule has 0 radical (unpaired) electrons. The third-order valence-electron chi connectivity index (χ3n) is 0.834. The minimum Gasteiger partial charge on any atom is -0.411 e. The van der Waals surface area contributed by atoms with E-state index in [2.05, 4.69) is 5.16 Å². The van der Waals surface area contributed by atoms with Gasteiger partial charge in [0.15, 0.2) is 0 Å². The van der Waals surface area contributed by atoms with E-state index < -0.39 is 0 Å². The van der Waals surface area contributed by atoms with E-state index in [-0.39, 0.29) is 0 Å². The lowest BCUT2D eigenvalue weighted by Crippen LogP contribution is -1.69. The molecule has 0 saturated carbocycles. The molecule has 0 aliphatic rings. The van der Waals surface area contributed by atoms with Crippen LogP contribution in [0.1, 0.15) is 13.8 Å². The number of allylic oxidation sites excluding steroid dienone is 4. The van der Waals surface area contributed by atoms with E-state index in [1.165, 1.54) is 6.21 Å². The smallest absolute Gasteiger partial charge is 0.0664 e. The van der Waals surface area contributed by atoms with E-state index in [4.69, 9.17) is 5.21 Å². The molecule has 50 valence electrons. The second kappa shape index (κ2) is 5.09. The maximum atomic E-state index is 7.98. The quantitative estimate of drug-likeness (QED) is 0.260. The number of nitrogens with zero attached hydrogens (tertiary/aromatic N) is 1. The maximum absolute atomic E-state index is 7.98. The summed E-state index contributed by atoms with van der Waals surface area (Å²) in [6.07, 6.45) is 6.92. The summed E-state index contributed by atoms with van der Waals surface area (Å²) in [4.78, 5) is 0. The molecule has 0 amide bonds. The summed E-state index contributed by atoms with van der Waals surface area (Å²) < 4.78 is 0. The van der Waals surface area contributed by atoms with Gasteiger partial charge in [0.1, 0.15) is 0 Å². The van der Waals surface area contributed by atoms with Gasteiger partial charge in [0.25, 0.3) is 0 Å². The summed E-state index contributed by atoms with van der Waals surface area (Å²) in [7, 11) is 0. The first-order valence-corrected chi connectivity index (χ1v) is 2.78. The van der Waals surface area contributed by atoms with Crippen molar-refractivity contribution in [3.8, 4) is 0 Å². The van der Waals surface area contributed by atoms with Crippen molar-refractivity contribution in [3.63, 3.8) is 0 Å². The molecular weight excluding hydrogens is 114 g/mol. The zero-order chi connectivity index (χ0) is 7.11. The summed E-state index contributed by atoms with van der Waals surface area (Å²) in [6, 6.07) is 0. The van der Waals surface area contributed by atoms with E-state index in [9.17, 15) is 0 Å². The minimum absolute atomic E-state index is 1.07. The Kier molecular flexibility index (Phi) is 4.50. The highest BCUT2D eigenvalue weighted by Crippen LogP contribution is 1.91. The largest absolute Gasteiger partial charge is 0.411 e. The van der Waals surface area contributed by atoms with Crippen molar-refractivity contribution in [1.82, 2.24) is 0 Å².